The summed E-state index contributed by atoms with van der Waals surface area (Å²) < 4.78 is 12.0. The summed E-state index contributed by atoms with van der Waals surface area (Å²) in [4.78, 5) is 22.8. The zero-order valence-corrected chi connectivity index (χ0v) is 13.6. The number of ether oxygens (including phenoxy) is 2. The molecule has 124 valence electrons. The Labute approximate surface area is 133 Å². The zero-order chi connectivity index (χ0) is 17.2. The second-order valence-electron chi connectivity index (χ2n) is 6.21. The summed E-state index contributed by atoms with van der Waals surface area (Å²) in [6.45, 7) is 5.20. The first-order chi connectivity index (χ1) is 10.7. The van der Waals surface area contributed by atoms with Gasteiger partial charge in [-0.1, -0.05) is 0 Å². The second-order valence-corrected chi connectivity index (χ2v) is 6.21. The lowest BCUT2D eigenvalue weighted by Gasteiger charge is -2.19. The number of benzene rings is 1. The van der Waals surface area contributed by atoms with Crippen molar-refractivity contribution in [3.05, 3.63) is 23.9 Å². The van der Waals surface area contributed by atoms with Crippen LogP contribution in [0.5, 0.6) is 5.75 Å². The first-order valence-corrected chi connectivity index (χ1v) is 7.15. The number of esters is 1. The van der Waals surface area contributed by atoms with Crippen LogP contribution in [0.3, 0.4) is 0 Å². The van der Waals surface area contributed by atoms with Crippen molar-refractivity contribution < 1.29 is 24.2 Å². The van der Waals surface area contributed by atoms with Crippen LogP contribution < -0.4 is 4.74 Å². The lowest BCUT2D eigenvalue weighted by Crippen LogP contribution is -2.25. The standard InChI is InChI=1S/C16H20N2O5/c1-16(2,3)23-15(21)6-10-5-11-8-18(9-14(19)20)17-12(11)7-13(10)22-4/h5,7-8H,6,9H2,1-4H3,(H,19,20). The Bertz CT molecular complexity index is 743. The van der Waals surface area contributed by atoms with Crippen LogP contribution in [-0.2, 0) is 27.3 Å². The quantitative estimate of drug-likeness (QED) is 0.848. The molecular formula is C16H20N2O5. The lowest BCUT2D eigenvalue weighted by molar-refractivity contribution is -0.154. The van der Waals surface area contributed by atoms with Gasteiger partial charge in [-0.05, 0) is 26.8 Å². The first-order valence-electron chi connectivity index (χ1n) is 7.15. The van der Waals surface area contributed by atoms with Crippen LogP contribution in [0.4, 0.5) is 0 Å². The number of methoxy groups -OCH3 is 1. The summed E-state index contributed by atoms with van der Waals surface area (Å²) in [5, 5.41) is 13.7. The topological polar surface area (TPSA) is 90.7 Å². The third kappa shape index (κ3) is 4.45. The van der Waals surface area contributed by atoms with Gasteiger partial charge < -0.3 is 14.6 Å². The van der Waals surface area contributed by atoms with E-state index in [4.69, 9.17) is 14.6 Å². The van der Waals surface area contributed by atoms with Gasteiger partial charge in [0.25, 0.3) is 0 Å². The molecule has 0 spiro atoms. The van der Waals surface area contributed by atoms with Gasteiger partial charge in [-0.3, -0.25) is 14.3 Å². The Morgan fingerprint density at radius 1 is 1.30 bits per heavy atom. The second kappa shape index (κ2) is 6.28. The van der Waals surface area contributed by atoms with Crippen molar-refractivity contribution in [1.29, 1.82) is 0 Å². The van der Waals surface area contributed by atoms with E-state index in [1.807, 2.05) is 0 Å². The predicted octanol–water partition coefficient (Wildman–Crippen LogP) is 2.01. The minimum Gasteiger partial charge on any atom is -0.496 e. The van der Waals surface area contributed by atoms with E-state index in [1.165, 1.54) is 11.8 Å². The van der Waals surface area contributed by atoms with Gasteiger partial charge in [0.15, 0.2) is 0 Å². The van der Waals surface area contributed by atoms with Crippen molar-refractivity contribution in [2.24, 2.45) is 0 Å². The number of carbonyl (C=O) groups excluding carboxylic acids is 1. The van der Waals surface area contributed by atoms with Gasteiger partial charge in [0.2, 0.25) is 0 Å². The van der Waals surface area contributed by atoms with E-state index in [1.54, 1.807) is 39.1 Å². The third-order valence-electron chi connectivity index (χ3n) is 3.01. The average molecular weight is 320 g/mol. The van der Waals surface area contributed by atoms with Crippen LogP contribution in [-0.4, -0.2) is 39.5 Å². The van der Waals surface area contributed by atoms with Gasteiger partial charge in [0.1, 0.15) is 17.9 Å². The molecule has 0 aliphatic heterocycles. The Kier molecular flexibility index (Phi) is 4.58. The summed E-state index contributed by atoms with van der Waals surface area (Å²) in [5.41, 5.74) is 0.723. The molecule has 0 bridgehead atoms. The Morgan fingerprint density at radius 3 is 2.57 bits per heavy atom. The fourth-order valence-corrected chi connectivity index (χ4v) is 2.23. The molecule has 0 fully saturated rings. The normalized spacial score (nSPS) is 11.5. The fourth-order valence-electron chi connectivity index (χ4n) is 2.23. The Balaban J connectivity index is 2.31. The van der Waals surface area contributed by atoms with E-state index in [-0.39, 0.29) is 18.9 Å². The van der Waals surface area contributed by atoms with Gasteiger partial charge in [0.05, 0.1) is 19.0 Å². The summed E-state index contributed by atoms with van der Waals surface area (Å²) in [6.07, 6.45) is 1.70. The highest BCUT2D eigenvalue weighted by Gasteiger charge is 2.19. The van der Waals surface area contributed by atoms with Gasteiger partial charge in [-0.2, -0.15) is 5.10 Å². The molecule has 2 rings (SSSR count). The number of carbonyl (C=O) groups is 2. The summed E-state index contributed by atoms with van der Waals surface area (Å²) in [6, 6.07) is 3.46. The highest BCUT2D eigenvalue weighted by molar-refractivity contribution is 5.84. The number of aliphatic carboxylic acids is 1. The minimum absolute atomic E-state index is 0.0699. The number of fused-ring (bicyclic) bond motifs is 1. The fraction of sp³-hybridized carbons (Fsp3) is 0.438. The van der Waals surface area contributed by atoms with E-state index < -0.39 is 11.6 Å². The monoisotopic (exact) mass is 320 g/mol. The predicted molar refractivity (Wildman–Crippen MR) is 83.5 cm³/mol. The molecule has 23 heavy (non-hydrogen) atoms. The highest BCUT2D eigenvalue weighted by Crippen LogP contribution is 2.26. The molecule has 0 atom stereocenters. The number of carboxylic acids is 1. The molecule has 0 aliphatic carbocycles. The maximum atomic E-state index is 12.0. The third-order valence-corrected chi connectivity index (χ3v) is 3.01. The maximum absolute atomic E-state index is 12.0. The Hall–Kier alpha value is -2.57. The van der Waals surface area contributed by atoms with Crippen molar-refractivity contribution in [1.82, 2.24) is 9.78 Å². The van der Waals surface area contributed by atoms with Gasteiger partial charge in [0, 0.05) is 23.2 Å². The minimum atomic E-state index is -0.973. The number of carboxylic acid groups (broad SMARTS) is 1. The summed E-state index contributed by atoms with van der Waals surface area (Å²) >= 11 is 0. The molecule has 7 heteroatoms. The smallest absolute Gasteiger partial charge is 0.325 e. The summed E-state index contributed by atoms with van der Waals surface area (Å²) in [7, 11) is 1.51. The molecule has 1 aromatic heterocycles. The van der Waals surface area contributed by atoms with Crippen LogP contribution in [0.2, 0.25) is 0 Å². The molecule has 0 saturated heterocycles. The number of hydrogen-bond donors (Lipinski definition) is 1. The Morgan fingerprint density at radius 2 is 2.00 bits per heavy atom. The SMILES string of the molecule is COc1cc2nn(CC(=O)O)cc2cc1CC(=O)OC(C)(C)C. The largest absolute Gasteiger partial charge is 0.496 e. The van der Waals surface area contributed by atoms with Crippen molar-refractivity contribution in [3.63, 3.8) is 0 Å². The van der Waals surface area contributed by atoms with Crippen molar-refractivity contribution >= 4 is 22.8 Å². The number of hydrogen-bond acceptors (Lipinski definition) is 5. The molecule has 0 radical (unpaired) electrons. The zero-order valence-electron chi connectivity index (χ0n) is 13.6. The summed E-state index contributed by atoms with van der Waals surface area (Å²) in [5.74, 6) is -0.809. The molecule has 0 unspecified atom stereocenters. The van der Waals surface area contributed by atoms with Gasteiger partial charge >= 0.3 is 11.9 Å². The maximum Gasteiger partial charge on any atom is 0.325 e. The van der Waals surface area contributed by atoms with E-state index in [0.717, 1.165) is 5.39 Å². The van der Waals surface area contributed by atoms with Crippen LogP contribution in [0.1, 0.15) is 26.3 Å². The average Bonchev–Trinajstić information content (AvgIpc) is 2.75. The molecular weight excluding hydrogens is 300 g/mol. The van der Waals surface area contributed by atoms with E-state index in [0.29, 0.717) is 16.8 Å². The molecule has 2 aromatic rings. The lowest BCUT2D eigenvalue weighted by atomic mass is 10.1. The molecule has 1 aromatic carbocycles. The van der Waals surface area contributed by atoms with Gasteiger partial charge in [-0.15, -0.1) is 0 Å². The number of nitrogens with zero attached hydrogens (tertiary/aromatic N) is 2. The molecule has 0 aliphatic rings. The number of rotatable bonds is 5. The first kappa shape index (κ1) is 16.8. The molecule has 0 amide bonds. The van der Waals surface area contributed by atoms with E-state index in [9.17, 15) is 9.59 Å². The molecule has 1 N–H and O–H groups in total. The van der Waals surface area contributed by atoms with Crippen molar-refractivity contribution in [2.45, 2.75) is 39.3 Å². The van der Waals surface area contributed by atoms with E-state index in [2.05, 4.69) is 5.10 Å². The van der Waals surface area contributed by atoms with Crippen molar-refractivity contribution in [3.8, 4) is 5.75 Å². The number of aromatic nitrogens is 2. The van der Waals surface area contributed by atoms with Crippen LogP contribution in [0, 0.1) is 0 Å². The van der Waals surface area contributed by atoms with Gasteiger partial charge in [-0.25, -0.2) is 0 Å². The molecule has 0 saturated carbocycles. The van der Waals surface area contributed by atoms with Crippen LogP contribution >= 0.6 is 0 Å². The highest BCUT2D eigenvalue weighted by atomic mass is 16.6. The van der Waals surface area contributed by atoms with Crippen LogP contribution in [0.15, 0.2) is 18.3 Å². The van der Waals surface area contributed by atoms with Crippen molar-refractivity contribution in [2.75, 3.05) is 7.11 Å². The van der Waals surface area contributed by atoms with E-state index >= 15 is 0 Å². The molecule has 7 nitrogen and oxygen atoms in total. The molecule has 1 heterocycles. The van der Waals surface area contributed by atoms with Crippen LogP contribution in [0.25, 0.3) is 10.9 Å².